The normalized spacial score (nSPS) is 44.4. The summed E-state index contributed by atoms with van der Waals surface area (Å²) in [6.07, 6.45) is -8.80. The van der Waals surface area contributed by atoms with Crippen molar-refractivity contribution in [2.45, 2.75) is 79.9 Å². The van der Waals surface area contributed by atoms with Crippen LogP contribution in [0.1, 0.15) is 44.9 Å². The summed E-state index contributed by atoms with van der Waals surface area (Å²) >= 11 is 0. The highest BCUT2D eigenvalue weighted by molar-refractivity contribution is 7.87. The number of hydrogen-bond donors (Lipinski definition) is 0. The Hall–Kier alpha value is -1.59. The Morgan fingerprint density at radius 1 is 0.949 bits per heavy atom. The third-order valence-corrected chi connectivity index (χ3v) is 12.4. The number of carbonyl (C=O) groups is 2. The van der Waals surface area contributed by atoms with Gasteiger partial charge >= 0.3 is 23.4 Å². The summed E-state index contributed by atoms with van der Waals surface area (Å²) in [5, 5.41) is -7.85. The number of carbonyl (C=O) groups excluding carboxylic acids is 2. The maximum atomic E-state index is 14.0. The molecule has 39 heavy (non-hydrogen) atoms. The molecule has 1 saturated heterocycles. The summed E-state index contributed by atoms with van der Waals surface area (Å²) in [6.45, 7) is 0. The van der Waals surface area contributed by atoms with Gasteiger partial charge in [-0.2, -0.15) is 30.4 Å². The minimum absolute atomic E-state index is 0.139. The average Bonchev–Trinajstić information content (AvgIpc) is 3.37. The van der Waals surface area contributed by atoms with E-state index in [1.807, 2.05) is 0 Å². The third-order valence-electron chi connectivity index (χ3n) is 9.68. The van der Waals surface area contributed by atoms with E-state index in [-0.39, 0.29) is 6.42 Å². The number of halogens is 5. The lowest BCUT2D eigenvalue weighted by Gasteiger charge is -2.55. The first-order chi connectivity index (χ1) is 17.8. The maximum absolute atomic E-state index is 14.0. The highest BCUT2D eigenvalue weighted by atomic mass is 32.2. The van der Waals surface area contributed by atoms with Crippen molar-refractivity contribution in [3.63, 3.8) is 0 Å². The van der Waals surface area contributed by atoms with E-state index < -0.39 is 90.3 Å². The van der Waals surface area contributed by atoms with Crippen LogP contribution in [0.3, 0.4) is 0 Å². The lowest BCUT2D eigenvalue weighted by molar-refractivity contribution is -0.261. The van der Waals surface area contributed by atoms with E-state index in [0.29, 0.717) is 37.0 Å². The van der Waals surface area contributed by atoms with Crippen LogP contribution in [-0.2, 0) is 43.5 Å². The van der Waals surface area contributed by atoms with E-state index in [9.17, 15) is 52.9 Å². The summed E-state index contributed by atoms with van der Waals surface area (Å²) in [7, 11) is -11.6. The van der Waals surface area contributed by atoms with Gasteiger partial charge in [-0.05, 0) is 62.7 Å². The van der Waals surface area contributed by atoms with Crippen LogP contribution in [0.4, 0.5) is 22.0 Å². The fourth-order valence-electron chi connectivity index (χ4n) is 8.71. The van der Waals surface area contributed by atoms with Crippen molar-refractivity contribution in [2.75, 3.05) is 0 Å². The van der Waals surface area contributed by atoms with Gasteiger partial charge in [0.15, 0.2) is 10.1 Å². The molecule has 220 valence electrons. The molecule has 7 aliphatic rings. The third kappa shape index (κ3) is 4.03. The van der Waals surface area contributed by atoms with Crippen LogP contribution in [0.2, 0.25) is 0 Å². The first-order valence-corrected chi connectivity index (χ1v) is 15.5. The first-order valence-electron chi connectivity index (χ1n) is 12.6. The molecule has 7 atom stereocenters. The summed E-state index contributed by atoms with van der Waals surface area (Å²) in [4.78, 5) is 26.4. The van der Waals surface area contributed by atoms with E-state index >= 15 is 0 Å². The van der Waals surface area contributed by atoms with Crippen LogP contribution in [0.5, 0.6) is 0 Å². The molecule has 6 aliphatic carbocycles. The molecular formula is C22H24F5O10S2-. The number of alkyl halides is 5. The zero-order valence-electron chi connectivity index (χ0n) is 20.0. The minimum Gasteiger partial charge on any atom is -0.743 e. The second-order valence-electron chi connectivity index (χ2n) is 12.0. The van der Waals surface area contributed by atoms with Crippen molar-refractivity contribution in [3.05, 3.63) is 0 Å². The van der Waals surface area contributed by atoms with Gasteiger partial charge in [-0.15, -0.1) is 0 Å². The van der Waals surface area contributed by atoms with Crippen molar-refractivity contribution in [1.29, 1.82) is 0 Å². The zero-order chi connectivity index (χ0) is 28.5. The Morgan fingerprint density at radius 3 is 1.97 bits per heavy atom. The molecule has 0 aromatic carbocycles. The molecule has 1 heterocycles. The van der Waals surface area contributed by atoms with Crippen LogP contribution in [0.15, 0.2) is 0 Å². The van der Waals surface area contributed by atoms with E-state index in [1.165, 1.54) is 0 Å². The topological polar surface area (TPSA) is 153 Å². The molecule has 0 radical (unpaired) electrons. The maximum Gasteiger partial charge on any atom is 0.432 e. The lowest BCUT2D eigenvalue weighted by atomic mass is 9.49. The Kier molecular flexibility index (Phi) is 5.83. The van der Waals surface area contributed by atoms with Gasteiger partial charge in [0.2, 0.25) is 0 Å². The predicted octanol–water partition coefficient (Wildman–Crippen LogP) is 2.09. The van der Waals surface area contributed by atoms with Gasteiger partial charge in [0, 0.05) is 11.8 Å². The molecule has 7 fully saturated rings. The monoisotopic (exact) mass is 607 g/mol. The fraction of sp³-hybridized carbons (Fsp3) is 0.909. The summed E-state index contributed by atoms with van der Waals surface area (Å²) in [5.41, 5.74) is -0.796. The molecule has 17 heteroatoms. The molecule has 0 aromatic heterocycles. The molecule has 0 amide bonds. The summed E-state index contributed by atoms with van der Waals surface area (Å²) in [5.74, 6) is -5.90. The second kappa shape index (κ2) is 8.25. The fourth-order valence-corrected chi connectivity index (χ4v) is 11.2. The standard InChI is InChI=1S/C22H25F5O10S2/c23-21(24,25)18(22(26,27)39(32,33)34)36-17(28)13-11-4-12-15(37-38(30,31)16(12)13)14(11)35-19(29)20-5-8-1-9(6-20)3-10(2-8)7-20/h8-16,18H,1-7H2,(H,32,33,34)/p-1. The molecule has 6 saturated carbocycles. The van der Waals surface area contributed by atoms with E-state index in [4.69, 9.17) is 8.92 Å². The van der Waals surface area contributed by atoms with Crippen molar-refractivity contribution < 1.29 is 66.6 Å². The van der Waals surface area contributed by atoms with Crippen LogP contribution < -0.4 is 0 Å². The van der Waals surface area contributed by atoms with Crippen molar-refractivity contribution >= 4 is 32.2 Å². The quantitative estimate of drug-likeness (QED) is 0.190. The highest BCUT2D eigenvalue weighted by Gasteiger charge is 2.73. The summed E-state index contributed by atoms with van der Waals surface area (Å²) in [6, 6.07) is 0. The van der Waals surface area contributed by atoms with Crippen LogP contribution >= 0.6 is 0 Å². The molecule has 7 rings (SSSR count). The molecular weight excluding hydrogens is 583 g/mol. The molecule has 1 aliphatic heterocycles. The predicted molar refractivity (Wildman–Crippen MR) is 114 cm³/mol. The zero-order valence-corrected chi connectivity index (χ0v) is 21.6. The smallest absolute Gasteiger partial charge is 0.432 e. The Morgan fingerprint density at radius 2 is 1.49 bits per heavy atom. The summed E-state index contributed by atoms with van der Waals surface area (Å²) < 4.78 is 141. The van der Waals surface area contributed by atoms with Crippen LogP contribution in [-0.4, -0.2) is 68.3 Å². The van der Waals surface area contributed by atoms with E-state index in [1.54, 1.807) is 0 Å². The molecule has 0 N–H and O–H groups in total. The van der Waals surface area contributed by atoms with Gasteiger partial charge in [-0.25, -0.2) is 8.42 Å². The van der Waals surface area contributed by atoms with Gasteiger partial charge in [0.1, 0.15) is 17.5 Å². The molecule has 10 nitrogen and oxygen atoms in total. The number of ether oxygens (including phenoxy) is 2. The number of fused-ring (bicyclic) bond motifs is 1. The van der Waals surface area contributed by atoms with E-state index in [0.717, 1.165) is 19.3 Å². The molecule has 6 bridgehead atoms. The van der Waals surface area contributed by atoms with Crippen molar-refractivity contribution in [3.8, 4) is 0 Å². The highest BCUT2D eigenvalue weighted by Crippen LogP contribution is 2.63. The molecule has 0 spiro atoms. The lowest BCUT2D eigenvalue weighted by Crippen LogP contribution is -2.55. The van der Waals surface area contributed by atoms with Gasteiger partial charge in [-0.3, -0.25) is 13.8 Å². The van der Waals surface area contributed by atoms with Crippen molar-refractivity contribution in [2.24, 2.45) is 40.9 Å². The SMILES string of the molecule is O=C(OC(C(F)(F)F)C(F)(F)S(=O)(=O)[O-])C1C2CC3C(OS(=O)(=O)C31)C2OC(=O)C12CC3CC(CC(C3)C1)C2. The Balaban J connectivity index is 1.27. The molecule has 7 unspecified atom stereocenters. The minimum atomic E-state index is -6.94. The van der Waals surface area contributed by atoms with Gasteiger partial charge in [0.25, 0.3) is 16.2 Å². The van der Waals surface area contributed by atoms with Crippen molar-refractivity contribution in [1.82, 2.24) is 0 Å². The largest absolute Gasteiger partial charge is 0.743 e. The number of hydrogen-bond acceptors (Lipinski definition) is 10. The Bertz CT molecular complexity index is 1280. The number of rotatable bonds is 6. The first kappa shape index (κ1) is 27.6. The second-order valence-corrected chi connectivity index (χ2v) is 15.2. The average molecular weight is 608 g/mol. The van der Waals surface area contributed by atoms with Crippen LogP contribution in [0.25, 0.3) is 0 Å². The van der Waals surface area contributed by atoms with Gasteiger partial charge < -0.3 is 14.0 Å². The molecule has 0 aromatic rings. The number of esters is 2. The Labute approximate surface area is 219 Å². The van der Waals surface area contributed by atoms with Gasteiger partial charge in [-0.1, -0.05) is 0 Å². The van der Waals surface area contributed by atoms with Crippen LogP contribution in [0, 0.1) is 40.9 Å². The van der Waals surface area contributed by atoms with E-state index in [2.05, 4.69) is 4.74 Å². The van der Waals surface area contributed by atoms with Gasteiger partial charge in [0.05, 0.1) is 11.3 Å².